The molecule has 1 N–H and O–H groups in total. The van der Waals surface area contributed by atoms with E-state index >= 15 is 0 Å². The van der Waals surface area contributed by atoms with Crippen molar-refractivity contribution in [2.45, 2.75) is 20.8 Å². The lowest BCUT2D eigenvalue weighted by atomic mass is 9.96. The number of amides is 1. The fraction of sp³-hybridized carbons (Fsp3) is 0.207. The highest BCUT2D eigenvalue weighted by Gasteiger charge is 2.17. The van der Waals surface area contributed by atoms with Crippen LogP contribution in [-0.4, -0.2) is 26.2 Å². The van der Waals surface area contributed by atoms with Gasteiger partial charge in [0.25, 0.3) is 0 Å². The summed E-state index contributed by atoms with van der Waals surface area (Å²) in [7, 11) is 1.61. The second-order valence-electron chi connectivity index (χ2n) is 8.69. The smallest absolute Gasteiger partial charge is 0.248 e. The summed E-state index contributed by atoms with van der Waals surface area (Å²) in [5, 5.41) is 3.87. The summed E-state index contributed by atoms with van der Waals surface area (Å²) in [5.41, 5.74) is 7.47. The summed E-state index contributed by atoms with van der Waals surface area (Å²) in [6, 6.07) is 15.6. The number of fused-ring (bicyclic) bond motifs is 2. The Morgan fingerprint density at radius 1 is 0.971 bits per heavy atom. The molecule has 0 bridgehead atoms. The molecule has 0 spiro atoms. The van der Waals surface area contributed by atoms with Crippen molar-refractivity contribution in [3.05, 3.63) is 77.6 Å². The number of furan rings is 1. The number of hydrogen-bond donors (Lipinski definition) is 1. The lowest BCUT2D eigenvalue weighted by Crippen LogP contribution is -2.16. The maximum absolute atomic E-state index is 12.8. The third-order valence-corrected chi connectivity index (χ3v) is 6.15. The van der Waals surface area contributed by atoms with Gasteiger partial charge in [-0.25, -0.2) is 0 Å². The molecule has 0 fully saturated rings. The summed E-state index contributed by atoms with van der Waals surface area (Å²) in [6.07, 6.45) is 3.34. The highest BCUT2D eigenvalue weighted by Crippen LogP contribution is 2.38. The number of methoxy groups -OCH3 is 1. The van der Waals surface area contributed by atoms with Crippen molar-refractivity contribution in [3.63, 3.8) is 0 Å². The van der Waals surface area contributed by atoms with Gasteiger partial charge in [-0.3, -0.25) is 4.79 Å². The first kappa shape index (κ1) is 22.6. The van der Waals surface area contributed by atoms with Gasteiger partial charge in [-0.15, -0.1) is 0 Å². The Balaban J connectivity index is 1.47. The zero-order valence-electron chi connectivity index (χ0n) is 20.2. The lowest BCUT2D eigenvalue weighted by Gasteiger charge is -2.18. The van der Waals surface area contributed by atoms with Crippen LogP contribution >= 0.6 is 0 Å². The maximum Gasteiger partial charge on any atom is 0.248 e. The van der Waals surface area contributed by atoms with Gasteiger partial charge in [0.2, 0.25) is 5.91 Å². The zero-order chi connectivity index (χ0) is 24.5. The molecule has 0 aliphatic carbocycles. The molecule has 4 aromatic rings. The van der Waals surface area contributed by atoms with E-state index in [-0.39, 0.29) is 5.91 Å². The number of carbonyl (C=O) groups excluding carboxylic acids is 1. The molecular weight excluding hydrogens is 442 g/mol. The summed E-state index contributed by atoms with van der Waals surface area (Å²) in [6.45, 7) is 7.08. The molecule has 5 rings (SSSR count). The number of allylic oxidation sites excluding steroid dienone is 1. The Morgan fingerprint density at radius 2 is 1.77 bits per heavy atom. The Bertz CT molecular complexity index is 1460. The molecule has 0 atom stereocenters. The van der Waals surface area contributed by atoms with Crippen molar-refractivity contribution in [2.75, 3.05) is 25.6 Å². The van der Waals surface area contributed by atoms with Crippen molar-refractivity contribution >= 4 is 28.1 Å². The molecule has 1 amide bonds. The third kappa shape index (κ3) is 4.47. The number of hydrogen-bond acceptors (Lipinski definition) is 5. The first-order valence-corrected chi connectivity index (χ1v) is 11.5. The van der Waals surface area contributed by atoms with Crippen molar-refractivity contribution in [2.24, 2.45) is 0 Å². The van der Waals surface area contributed by atoms with Crippen molar-refractivity contribution in [3.8, 4) is 28.4 Å². The molecule has 2 heterocycles. The second-order valence-corrected chi connectivity index (χ2v) is 8.69. The summed E-state index contributed by atoms with van der Waals surface area (Å²) in [5.74, 6) is 1.70. The van der Waals surface area contributed by atoms with Gasteiger partial charge >= 0.3 is 0 Å². The molecule has 1 aromatic heterocycles. The van der Waals surface area contributed by atoms with Gasteiger partial charge in [0.1, 0.15) is 24.5 Å². The van der Waals surface area contributed by atoms with Crippen molar-refractivity contribution in [1.29, 1.82) is 0 Å². The molecule has 6 heteroatoms. The van der Waals surface area contributed by atoms with E-state index in [4.69, 9.17) is 18.6 Å². The van der Waals surface area contributed by atoms with E-state index in [9.17, 15) is 4.79 Å². The van der Waals surface area contributed by atoms with Crippen LogP contribution in [0.15, 0.2) is 65.3 Å². The predicted molar refractivity (Wildman–Crippen MR) is 137 cm³/mol. The van der Waals surface area contributed by atoms with Crippen LogP contribution < -0.4 is 19.5 Å². The van der Waals surface area contributed by atoms with E-state index in [0.717, 1.165) is 33.2 Å². The maximum atomic E-state index is 12.8. The highest BCUT2D eigenvalue weighted by molar-refractivity contribution is 6.05. The van der Waals surface area contributed by atoms with Crippen molar-refractivity contribution in [1.82, 2.24) is 0 Å². The Labute approximate surface area is 204 Å². The number of carbonyl (C=O) groups is 1. The fourth-order valence-electron chi connectivity index (χ4n) is 4.43. The van der Waals surface area contributed by atoms with Gasteiger partial charge in [-0.1, -0.05) is 23.8 Å². The normalized spacial score (nSPS) is 13.1. The number of anilines is 1. The largest absolute Gasteiger partial charge is 0.496 e. The third-order valence-electron chi connectivity index (χ3n) is 6.15. The monoisotopic (exact) mass is 469 g/mol. The zero-order valence-corrected chi connectivity index (χ0v) is 20.2. The number of rotatable bonds is 5. The number of benzene rings is 3. The van der Waals surface area contributed by atoms with Gasteiger partial charge in [0.15, 0.2) is 11.5 Å². The summed E-state index contributed by atoms with van der Waals surface area (Å²) < 4.78 is 22.6. The van der Waals surface area contributed by atoms with Gasteiger partial charge < -0.3 is 23.9 Å². The first-order valence-electron chi connectivity index (χ1n) is 11.5. The molecular formula is C29H27NO5. The first-order chi connectivity index (χ1) is 16.9. The van der Waals surface area contributed by atoms with E-state index in [0.29, 0.717) is 36.1 Å². The topological polar surface area (TPSA) is 69.9 Å². The highest BCUT2D eigenvalue weighted by atomic mass is 16.6. The standard InChI is InChI=1S/C29H27NO5/c1-17-5-7-21(18(2)11-17)24-16-35-27-15-26(32-4)22(14-23(24)27)19(3)12-29(31)30-20-6-8-25-28(13-20)34-10-9-33-25/h5-8,11-16H,9-10H2,1-4H3,(H,30,31)/b19-12+. The lowest BCUT2D eigenvalue weighted by molar-refractivity contribution is -0.111. The van der Waals surface area contributed by atoms with Crippen LogP contribution in [0, 0.1) is 13.8 Å². The molecule has 0 unspecified atom stereocenters. The van der Waals surface area contributed by atoms with Crippen LogP contribution in [0.4, 0.5) is 5.69 Å². The van der Waals surface area contributed by atoms with Crippen LogP contribution in [-0.2, 0) is 4.79 Å². The van der Waals surface area contributed by atoms with Crippen LogP contribution in [0.25, 0.3) is 27.7 Å². The molecule has 1 aliphatic heterocycles. The van der Waals surface area contributed by atoms with E-state index in [1.807, 2.05) is 19.1 Å². The van der Waals surface area contributed by atoms with E-state index in [1.54, 1.807) is 37.6 Å². The van der Waals surface area contributed by atoms with Crippen LogP contribution in [0.1, 0.15) is 23.6 Å². The average Bonchev–Trinajstić information content (AvgIpc) is 3.25. The molecule has 178 valence electrons. The van der Waals surface area contributed by atoms with Gasteiger partial charge in [-0.05, 0) is 55.7 Å². The number of aryl methyl sites for hydroxylation is 2. The number of nitrogens with one attached hydrogen (secondary N) is 1. The summed E-state index contributed by atoms with van der Waals surface area (Å²) in [4.78, 5) is 12.8. The second kappa shape index (κ2) is 9.22. The Kier molecular flexibility index (Phi) is 5.95. The van der Waals surface area contributed by atoms with Crippen LogP contribution in [0.3, 0.4) is 0 Å². The fourth-order valence-corrected chi connectivity index (χ4v) is 4.43. The Morgan fingerprint density at radius 3 is 2.54 bits per heavy atom. The minimum atomic E-state index is -0.247. The minimum Gasteiger partial charge on any atom is -0.496 e. The molecule has 0 saturated carbocycles. The summed E-state index contributed by atoms with van der Waals surface area (Å²) >= 11 is 0. The average molecular weight is 470 g/mol. The van der Waals surface area contributed by atoms with Gasteiger partial charge in [0.05, 0.1) is 13.4 Å². The molecule has 0 saturated heterocycles. The van der Waals surface area contributed by atoms with E-state index < -0.39 is 0 Å². The quantitative estimate of drug-likeness (QED) is 0.336. The van der Waals surface area contributed by atoms with E-state index in [1.165, 1.54) is 11.1 Å². The molecule has 0 radical (unpaired) electrons. The SMILES string of the molecule is COc1cc2occ(-c3ccc(C)cc3C)c2cc1/C(C)=C/C(=O)Nc1ccc2c(c1)OCCO2. The van der Waals surface area contributed by atoms with E-state index in [2.05, 4.69) is 37.4 Å². The number of ether oxygens (including phenoxy) is 3. The minimum absolute atomic E-state index is 0.247. The molecule has 1 aliphatic rings. The predicted octanol–water partition coefficient (Wildman–Crippen LogP) is 6.54. The molecule has 3 aromatic carbocycles. The molecule has 35 heavy (non-hydrogen) atoms. The molecule has 6 nitrogen and oxygen atoms in total. The van der Waals surface area contributed by atoms with Gasteiger partial charge in [0, 0.05) is 40.4 Å². The van der Waals surface area contributed by atoms with Crippen LogP contribution in [0.5, 0.6) is 17.2 Å². The van der Waals surface area contributed by atoms with Crippen LogP contribution in [0.2, 0.25) is 0 Å². The Hall–Kier alpha value is -4.19. The van der Waals surface area contributed by atoms with Crippen molar-refractivity contribution < 1.29 is 23.4 Å². The van der Waals surface area contributed by atoms with Gasteiger partial charge in [-0.2, -0.15) is 0 Å².